The topological polar surface area (TPSA) is 50.4 Å². The molecular formula is C12H22N2O2. The number of nitrogens with one attached hydrogen (secondary N) is 2. The van der Waals surface area contributed by atoms with Crippen molar-refractivity contribution < 1.29 is 9.53 Å². The summed E-state index contributed by atoms with van der Waals surface area (Å²) in [5, 5.41) is 6.50. The van der Waals surface area contributed by atoms with Crippen LogP contribution >= 0.6 is 0 Å². The van der Waals surface area contributed by atoms with Gasteiger partial charge in [0.15, 0.2) is 0 Å². The number of ether oxygens (including phenoxy) is 1. The van der Waals surface area contributed by atoms with Gasteiger partial charge >= 0.3 is 0 Å². The van der Waals surface area contributed by atoms with Crippen LogP contribution in [0.15, 0.2) is 0 Å². The van der Waals surface area contributed by atoms with Gasteiger partial charge in [0.25, 0.3) is 0 Å². The first kappa shape index (κ1) is 11.9. The Labute approximate surface area is 97.1 Å². The lowest BCUT2D eigenvalue weighted by Crippen LogP contribution is -2.49. The third-order valence-corrected chi connectivity index (χ3v) is 3.56. The molecule has 1 aliphatic heterocycles. The van der Waals surface area contributed by atoms with Crippen LogP contribution in [-0.4, -0.2) is 37.7 Å². The van der Waals surface area contributed by atoms with Gasteiger partial charge in [-0.3, -0.25) is 4.79 Å². The van der Waals surface area contributed by atoms with Gasteiger partial charge < -0.3 is 15.4 Å². The molecule has 0 aromatic rings. The monoisotopic (exact) mass is 226 g/mol. The molecule has 0 radical (unpaired) electrons. The summed E-state index contributed by atoms with van der Waals surface area (Å²) in [5.74, 6) is 0.834. The van der Waals surface area contributed by atoms with Crippen molar-refractivity contribution in [3.63, 3.8) is 0 Å². The summed E-state index contributed by atoms with van der Waals surface area (Å²) >= 11 is 0. The highest BCUT2D eigenvalue weighted by molar-refractivity contribution is 5.82. The molecular weight excluding hydrogens is 204 g/mol. The van der Waals surface area contributed by atoms with E-state index < -0.39 is 0 Å². The van der Waals surface area contributed by atoms with Gasteiger partial charge in [-0.2, -0.15) is 0 Å². The summed E-state index contributed by atoms with van der Waals surface area (Å²) in [6, 6.07) is 0.344. The lowest BCUT2D eigenvalue weighted by atomic mass is 9.95. The quantitative estimate of drug-likeness (QED) is 0.735. The SMILES string of the molecule is CCOC1CC1C(=O)NC1CCNCC1C. The maximum absolute atomic E-state index is 11.9. The zero-order valence-electron chi connectivity index (χ0n) is 10.2. The second-order valence-electron chi connectivity index (χ2n) is 4.92. The van der Waals surface area contributed by atoms with Crippen molar-refractivity contribution in [1.29, 1.82) is 0 Å². The fraction of sp³-hybridized carbons (Fsp3) is 0.917. The number of carbonyl (C=O) groups is 1. The lowest BCUT2D eigenvalue weighted by Gasteiger charge is -2.30. The largest absolute Gasteiger partial charge is 0.378 e. The Morgan fingerprint density at radius 3 is 3.06 bits per heavy atom. The smallest absolute Gasteiger partial charge is 0.226 e. The zero-order valence-corrected chi connectivity index (χ0v) is 10.2. The third kappa shape index (κ3) is 2.74. The molecule has 4 heteroatoms. The number of hydrogen-bond acceptors (Lipinski definition) is 3. The molecule has 1 saturated heterocycles. The van der Waals surface area contributed by atoms with Crippen LogP contribution in [0.2, 0.25) is 0 Å². The van der Waals surface area contributed by atoms with Gasteiger partial charge in [-0.25, -0.2) is 0 Å². The van der Waals surface area contributed by atoms with Crippen LogP contribution in [0.5, 0.6) is 0 Å². The van der Waals surface area contributed by atoms with Gasteiger partial charge in [0.1, 0.15) is 0 Å². The summed E-state index contributed by atoms with van der Waals surface area (Å²) < 4.78 is 5.43. The molecule has 1 heterocycles. The normalized spacial score (nSPS) is 38.1. The Bertz CT molecular complexity index is 257. The molecule has 2 aliphatic rings. The van der Waals surface area contributed by atoms with Crippen LogP contribution in [0.4, 0.5) is 0 Å². The van der Waals surface area contributed by atoms with Gasteiger partial charge in [-0.05, 0) is 38.8 Å². The highest BCUT2D eigenvalue weighted by atomic mass is 16.5. The standard InChI is InChI=1S/C12H22N2O2/c1-3-16-11-6-9(11)12(15)14-10-4-5-13-7-8(10)2/h8-11,13H,3-7H2,1-2H3,(H,14,15). The maximum Gasteiger partial charge on any atom is 0.226 e. The average Bonchev–Trinajstić information content (AvgIpc) is 3.01. The molecule has 0 aromatic heterocycles. The molecule has 0 spiro atoms. The summed E-state index contributed by atoms with van der Waals surface area (Å²) in [6.07, 6.45) is 2.12. The molecule has 4 unspecified atom stereocenters. The second-order valence-corrected chi connectivity index (χ2v) is 4.92. The van der Waals surface area contributed by atoms with Crippen LogP contribution in [0.1, 0.15) is 26.7 Å². The predicted molar refractivity (Wildman–Crippen MR) is 62.1 cm³/mol. The van der Waals surface area contributed by atoms with Crippen molar-refractivity contribution in [2.24, 2.45) is 11.8 Å². The minimum atomic E-state index is 0.113. The Hall–Kier alpha value is -0.610. The van der Waals surface area contributed by atoms with E-state index in [9.17, 15) is 4.79 Å². The molecule has 4 nitrogen and oxygen atoms in total. The van der Waals surface area contributed by atoms with E-state index in [-0.39, 0.29) is 17.9 Å². The van der Waals surface area contributed by atoms with E-state index in [1.54, 1.807) is 0 Å². The zero-order chi connectivity index (χ0) is 11.5. The van der Waals surface area contributed by atoms with Crippen LogP contribution in [-0.2, 0) is 9.53 Å². The number of piperidine rings is 1. The number of rotatable bonds is 4. The van der Waals surface area contributed by atoms with E-state index in [1.807, 2.05) is 6.92 Å². The van der Waals surface area contributed by atoms with Gasteiger partial charge in [0.2, 0.25) is 5.91 Å². The van der Waals surface area contributed by atoms with E-state index in [1.165, 1.54) is 0 Å². The number of hydrogen-bond donors (Lipinski definition) is 2. The van der Waals surface area contributed by atoms with Gasteiger partial charge in [0, 0.05) is 12.6 Å². The minimum Gasteiger partial charge on any atom is -0.378 e. The molecule has 16 heavy (non-hydrogen) atoms. The van der Waals surface area contributed by atoms with E-state index in [4.69, 9.17) is 4.74 Å². The summed E-state index contributed by atoms with van der Waals surface area (Å²) in [4.78, 5) is 11.9. The molecule has 2 N–H and O–H groups in total. The maximum atomic E-state index is 11.9. The summed E-state index contributed by atoms with van der Waals surface area (Å²) in [5.41, 5.74) is 0. The van der Waals surface area contributed by atoms with Crippen molar-refractivity contribution in [3.05, 3.63) is 0 Å². The second kappa shape index (κ2) is 5.15. The molecule has 1 amide bonds. The summed E-state index contributed by atoms with van der Waals surface area (Å²) in [6.45, 7) is 6.88. The first-order chi connectivity index (χ1) is 7.72. The Morgan fingerprint density at radius 2 is 2.38 bits per heavy atom. The molecule has 4 atom stereocenters. The summed E-state index contributed by atoms with van der Waals surface area (Å²) in [7, 11) is 0. The Balaban J connectivity index is 1.75. The van der Waals surface area contributed by atoms with Crippen molar-refractivity contribution >= 4 is 5.91 Å². The van der Waals surface area contributed by atoms with E-state index in [0.717, 1.165) is 25.9 Å². The van der Waals surface area contributed by atoms with E-state index >= 15 is 0 Å². The molecule has 0 bridgehead atoms. The van der Waals surface area contributed by atoms with Crippen molar-refractivity contribution in [3.8, 4) is 0 Å². The fourth-order valence-corrected chi connectivity index (χ4v) is 2.36. The van der Waals surface area contributed by atoms with Crippen LogP contribution < -0.4 is 10.6 Å². The molecule has 0 aromatic carbocycles. The predicted octanol–water partition coefficient (Wildman–Crippen LogP) is 0.526. The fourth-order valence-electron chi connectivity index (χ4n) is 2.36. The highest BCUT2D eigenvalue weighted by Gasteiger charge is 2.44. The molecule has 1 saturated carbocycles. The van der Waals surface area contributed by atoms with Crippen LogP contribution in [0.3, 0.4) is 0 Å². The number of carbonyl (C=O) groups excluding carboxylic acids is 1. The number of amides is 1. The highest BCUT2D eigenvalue weighted by Crippen LogP contribution is 2.34. The lowest BCUT2D eigenvalue weighted by molar-refractivity contribution is -0.124. The molecule has 92 valence electrons. The third-order valence-electron chi connectivity index (χ3n) is 3.56. The van der Waals surface area contributed by atoms with Crippen molar-refractivity contribution in [1.82, 2.24) is 10.6 Å². The van der Waals surface area contributed by atoms with Crippen LogP contribution in [0.25, 0.3) is 0 Å². The Morgan fingerprint density at radius 1 is 1.56 bits per heavy atom. The first-order valence-corrected chi connectivity index (χ1v) is 6.35. The van der Waals surface area contributed by atoms with Gasteiger partial charge in [-0.1, -0.05) is 6.92 Å². The Kier molecular flexibility index (Phi) is 3.82. The molecule has 2 rings (SSSR count). The minimum absolute atomic E-state index is 0.113. The van der Waals surface area contributed by atoms with E-state index in [2.05, 4.69) is 17.6 Å². The average molecular weight is 226 g/mol. The van der Waals surface area contributed by atoms with Crippen molar-refractivity contribution in [2.45, 2.75) is 38.8 Å². The van der Waals surface area contributed by atoms with Gasteiger partial charge in [-0.15, -0.1) is 0 Å². The molecule has 1 aliphatic carbocycles. The van der Waals surface area contributed by atoms with Crippen LogP contribution in [0, 0.1) is 11.8 Å². The van der Waals surface area contributed by atoms with E-state index in [0.29, 0.717) is 18.6 Å². The van der Waals surface area contributed by atoms with Crippen molar-refractivity contribution in [2.75, 3.05) is 19.7 Å². The van der Waals surface area contributed by atoms with Gasteiger partial charge in [0.05, 0.1) is 12.0 Å². The molecule has 2 fully saturated rings. The first-order valence-electron chi connectivity index (χ1n) is 6.35.